The molecule has 4 aromatic rings. The van der Waals surface area contributed by atoms with E-state index in [0.717, 1.165) is 21.9 Å². The van der Waals surface area contributed by atoms with Gasteiger partial charge in [0, 0.05) is 10.9 Å². The molecular weight excluding hydrogens is 440 g/mol. The molecule has 0 aliphatic carbocycles. The average Bonchev–Trinajstić information content (AvgIpc) is 2.92. The number of carbonyl (C=O) groups is 1. The van der Waals surface area contributed by atoms with Gasteiger partial charge in [-0.1, -0.05) is 60.7 Å². The molecule has 0 radical (unpaired) electrons. The summed E-state index contributed by atoms with van der Waals surface area (Å²) in [5.74, 6) is 0.991. The Bertz CT molecular complexity index is 1500. The van der Waals surface area contributed by atoms with Gasteiger partial charge in [0.1, 0.15) is 28.9 Å². The van der Waals surface area contributed by atoms with E-state index < -0.39 is 11.8 Å². The van der Waals surface area contributed by atoms with Gasteiger partial charge in [0.2, 0.25) is 5.88 Å². The summed E-state index contributed by atoms with van der Waals surface area (Å²) < 4.78 is 16.9. The molecule has 1 atom stereocenters. The number of amides is 1. The van der Waals surface area contributed by atoms with Crippen LogP contribution < -0.4 is 19.5 Å². The second-order valence-electron chi connectivity index (χ2n) is 8.02. The first kappa shape index (κ1) is 22.1. The third-order valence-electron chi connectivity index (χ3n) is 6.11. The van der Waals surface area contributed by atoms with Crippen molar-refractivity contribution in [2.24, 2.45) is 0 Å². The smallest absolute Gasteiger partial charge is 0.261 e. The second-order valence-corrected chi connectivity index (χ2v) is 8.02. The van der Waals surface area contributed by atoms with Crippen molar-refractivity contribution in [1.29, 1.82) is 5.26 Å². The number of rotatable bonds is 5. The van der Waals surface area contributed by atoms with Crippen LogP contribution in [0.1, 0.15) is 27.4 Å². The molecule has 1 aliphatic heterocycles. The lowest BCUT2D eigenvalue weighted by atomic mass is 9.82. The van der Waals surface area contributed by atoms with Crippen LogP contribution in [0.25, 0.3) is 10.8 Å². The van der Waals surface area contributed by atoms with Gasteiger partial charge in [-0.15, -0.1) is 0 Å². The first-order valence-corrected chi connectivity index (χ1v) is 11.1. The number of nitrogens with zero attached hydrogens (tertiary/aromatic N) is 1. The molecule has 1 aliphatic rings. The lowest BCUT2D eigenvalue weighted by molar-refractivity contribution is 0.0945. The molecule has 1 heterocycles. The molecule has 35 heavy (non-hydrogen) atoms. The molecule has 5 rings (SSSR count). The summed E-state index contributed by atoms with van der Waals surface area (Å²) in [7, 11) is 3.11. The summed E-state index contributed by atoms with van der Waals surface area (Å²) in [6, 6.07) is 28.6. The minimum atomic E-state index is -0.438. The number of carbonyl (C=O) groups excluding carboxylic acids is 1. The highest BCUT2D eigenvalue weighted by Gasteiger charge is 2.33. The summed E-state index contributed by atoms with van der Waals surface area (Å²) in [4.78, 5) is 13.2. The van der Waals surface area contributed by atoms with Gasteiger partial charge in [-0.2, -0.15) is 5.26 Å². The predicted octanol–water partition coefficient (Wildman–Crippen LogP) is 5.55. The molecule has 172 valence electrons. The van der Waals surface area contributed by atoms with Crippen molar-refractivity contribution in [3.05, 3.63) is 113 Å². The summed E-state index contributed by atoms with van der Waals surface area (Å²) >= 11 is 0. The Morgan fingerprint density at radius 3 is 2.40 bits per heavy atom. The van der Waals surface area contributed by atoms with Crippen LogP contribution in [0.4, 0.5) is 0 Å². The van der Waals surface area contributed by atoms with Crippen LogP contribution in [0, 0.1) is 11.3 Å². The molecule has 0 bridgehead atoms. The molecular formula is C29H22N2O4. The number of hydrogen-bond acceptors (Lipinski definition) is 5. The number of nitriles is 1. The predicted molar refractivity (Wildman–Crippen MR) is 133 cm³/mol. The Hall–Kier alpha value is -4.76. The largest absolute Gasteiger partial charge is 0.497 e. The fourth-order valence-electron chi connectivity index (χ4n) is 4.40. The fourth-order valence-corrected chi connectivity index (χ4v) is 4.40. The maximum absolute atomic E-state index is 13.2. The number of methoxy groups -OCH3 is 2. The lowest BCUT2D eigenvalue weighted by Crippen LogP contribution is -2.31. The maximum atomic E-state index is 13.2. The van der Waals surface area contributed by atoms with Crippen LogP contribution in [0.5, 0.6) is 17.2 Å². The quantitative estimate of drug-likeness (QED) is 0.421. The zero-order valence-electron chi connectivity index (χ0n) is 19.2. The first-order valence-electron chi connectivity index (χ1n) is 11.1. The van der Waals surface area contributed by atoms with Gasteiger partial charge in [-0.3, -0.25) is 10.1 Å². The highest BCUT2D eigenvalue weighted by atomic mass is 16.5. The van der Waals surface area contributed by atoms with Gasteiger partial charge in [0.15, 0.2) is 0 Å². The van der Waals surface area contributed by atoms with Gasteiger partial charge in [-0.25, -0.2) is 0 Å². The SMILES string of the molecule is COc1ccc([C@@H]2C(C#N)=C(NC(=O)c3ccccc3OC)Oc3c2ccc2ccccc32)cc1. The van der Waals surface area contributed by atoms with E-state index in [1.54, 1.807) is 31.4 Å². The van der Waals surface area contributed by atoms with Crippen molar-refractivity contribution in [3.8, 4) is 23.3 Å². The molecule has 0 aromatic heterocycles. The highest BCUT2D eigenvalue weighted by molar-refractivity contribution is 5.98. The number of para-hydroxylation sites is 1. The summed E-state index contributed by atoms with van der Waals surface area (Å²) in [6.45, 7) is 0. The van der Waals surface area contributed by atoms with E-state index in [4.69, 9.17) is 14.2 Å². The van der Waals surface area contributed by atoms with Crippen LogP contribution in [-0.2, 0) is 0 Å². The van der Waals surface area contributed by atoms with Crippen LogP contribution in [0.2, 0.25) is 0 Å². The van der Waals surface area contributed by atoms with Gasteiger partial charge < -0.3 is 14.2 Å². The molecule has 6 nitrogen and oxygen atoms in total. The molecule has 0 fully saturated rings. The van der Waals surface area contributed by atoms with Gasteiger partial charge in [0.25, 0.3) is 5.91 Å². The number of nitrogens with one attached hydrogen (secondary N) is 1. The zero-order chi connectivity index (χ0) is 24.4. The summed E-state index contributed by atoms with van der Waals surface area (Å²) in [5.41, 5.74) is 2.38. The molecule has 4 aromatic carbocycles. The van der Waals surface area contributed by atoms with E-state index in [0.29, 0.717) is 28.4 Å². The van der Waals surface area contributed by atoms with E-state index in [9.17, 15) is 10.1 Å². The Morgan fingerprint density at radius 2 is 1.66 bits per heavy atom. The molecule has 1 N–H and O–H groups in total. The third kappa shape index (κ3) is 3.94. The number of hydrogen-bond donors (Lipinski definition) is 1. The molecule has 0 unspecified atom stereocenters. The van der Waals surface area contributed by atoms with E-state index in [1.165, 1.54) is 7.11 Å². The van der Waals surface area contributed by atoms with Crippen molar-refractivity contribution < 1.29 is 19.0 Å². The molecule has 0 saturated carbocycles. The Kier molecular flexibility index (Phi) is 5.82. The maximum Gasteiger partial charge on any atom is 0.261 e. The van der Waals surface area contributed by atoms with Crippen molar-refractivity contribution in [3.63, 3.8) is 0 Å². The van der Waals surface area contributed by atoms with Crippen molar-refractivity contribution in [2.45, 2.75) is 5.92 Å². The zero-order valence-corrected chi connectivity index (χ0v) is 19.2. The van der Waals surface area contributed by atoms with Crippen LogP contribution in [-0.4, -0.2) is 20.1 Å². The molecule has 0 spiro atoms. The van der Waals surface area contributed by atoms with Gasteiger partial charge >= 0.3 is 0 Å². The summed E-state index contributed by atoms with van der Waals surface area (Å²) in [6.07, 6.45) is 0. The highest BCUT2D eigenvalue weighted by Crippen LogP contribution is 2.46. The molecule has 1 amide bonds. The van der Waals surface area contributed by atoms with Crippen LogP contribution in [0.3, 0.4) is 0 Å². The monoisotopic (exact) mass is 462 g/mol. The fraction of sp³-hybridized carbons (Fsp3) is 0.103. The van der Waals surface area contributed by atoms with E-state index in [2.05, 4.69) is 11.4 Å². The van der Waals surface area contributed by atoms with Crippen molar-refractivity contribution in [2.75, 3.05) is 14.2 Å². The van der Waals surface area contributed by atoms with Crippen LogP contribution in [0.15, 0.2) is 96.4 Å². The minimum absolute atomic E-state index is 0.105. The topological polar surface area (TPSA) is 80.6 Å². The number of ether oxygens (including phenoxy) is 3. The van der Waals surface area contributed by atoms with Gasteiger partial charge in [-0.05, 0) is 35.2 Å². The van der Waals surface area contributed by atoms with E-state index in [-0.39, 0.29) is 5.88 Å². The van der Waals surface area contributed by atoms with Gasteiger partial charge in [0.05, 0.1) is 25.7 Å². The number of fused-ring (bicyclic) bond motifs is 3. The number of allylic oxidation sites excluding steroid dienone is 1. The van der Waals surface area contributed by atoms with E-state index in [1.807, 2.05) is 60.7 Å². The summed E-state index contributed by atoms with van der Waals surface area (Å²) in [5, 5.41) is 14.9. The number of benzene rings is 4. The van der Waals surface area contributed by atoms with Crippen LogP contribution >= 0.6 is 0 Å². The Balaban J connectivity index is 1.67. The third-order valence-corrected chi connectivity index (χ3v) is 6.11. The molecule has 6 heteroatoms. The lowest BCUT2D eigenvalue weighted by Gasteiger charge is -2.29. The van der Waals surface area contributed by atoms with E-state index >= 15 is 0 Å². The standard InChI is InChI=1S/C29H22N2O4/c1-33-20-14-11-19(12-15-20)26-23-16-13-18-7-3-4-8-21(18)27(23)35-29(24(26)17-30)31-28(32)22-9-5-6-10-25(22)34-2/h3-16,26H,1-2H3,(H,31,32)/t26-/m0/s1. The second kappa shape index (κ2) is 9.24. The minimum Gasteiger partial charge on any atom is -0.497 e. The molecule has 0 saturated heterocycles. The normalized spacial score (nSPS) is 14.5. The Morgan fingerprint density at radius 1 is 0.914 bits per heavy atom. The van der Waals surface area contributed by atoms with Crippen molar-refractivity contribution in [1.82, 2.24) is 5.32 Å². The Labute approximate surface area is 203 Å². The van der Waals surface area contributed by atoms with Crippen molar-refractivity contribution >= 4 is 16.7 Å². The average molecular weight is 463 g/mol. The first-order chi connectivity index (χ1) is 17.1.